The van der Waals surface area contributed by atoms with Crippen molar-refractivity contribution in [1.29, 1.82) is 0 Å². The van der Waals surface area contributed by atoms with Gasteiger partial charge in [0.05, 0.1) is 22.9 Å². The van der Waals surface area contributed by atoms with Crippen LogP contribution < -0.4 is 4.90 Å². The minimum atomic E-state index is -0.329. The number of aryl methyl sites for hydroxylation is 1. The number of ether oxygens (including phenoxy) is 2. The lowest BCUT2D eigenvalue weighted by Gasteiger charge is -2.45. The Hall–Kier alpha value is -2.94. The van der Waals surface area contributed by atoms with Gasteiger partial charge in [-0.25, -0.2) is 14.6 Å². The molecule has 3 aromatic rings. The first-order valence-corrected chi connectivity index (χ1v) is 16.2. The van der Waals surface area contributed by atoms with Crippen LogP contribution in [0.4, 0.5) is 5.13 Å². The predicted octanol–water partition coefficient (Wildman–Crippen LogP) is 6.84. The van der Waals surface area contributed by atoms with Crippen LogP contribution in [0.25, 0.3) is 10.2 Å². The van der Waals surface area contributed by atoms with Gasteiger partial charge < -0.3 is 18.9 Å². The number of nitrogens with zero attached hydrogens (tertiary/aromatic N) is 3. The Labute approximate surface area is 243 Å². The van der Waals surface area contributed by atoms with Crippen molar-refractivity contribution >= 4 is 38.6 Å². The van der Waals surface area contributed by atoms with Crippen molar-refractivity contribution in [3.05, 3.63) is 40.3 Å². The second kappa shape index (κ2) is 9.54. The highest BCUT2D eigenvalue weighted by Gasteiger charge is 2.49. The molecule has 8 nitrogen and oxygen atoms in total. The molecule has 3 atom stereocenters. The standard InChI is InChI=1S/C32H37N3O5S/c1-17-13-20(29(36)38-2)14-24-26(17)33-31(41-24)35-21-5-6-22(35)16-23(15-21)39-30(37)25-27(19-3-4-19)40-34-28(25)32-10-7-18(8-11-32)9-12-32/h13-14,18-19,21-23H,3-12,15-16H2,1-2H3/t18?,21-,22+,23+,32?. The Morgan fingerprint density at radius 2 is 1.71 bits per heavy atom. The summed E-state index contributed by atoms with van der Waals surface area (Å²) in [7, 11) is 1.41. The normalized spacial score (nSPS) is 30.6. The quantitative estimate of drug-likeness (QED) is 0.295. The number of hydrogen-bond donors (Lipinski definition) is 0. The SMILES string of the molecule is COC(=O)c1cc(C)c2nc(N3[C@@H]4CC[C@H]3C[C@@H](OC(=O)c3c(C56CCC(CC5)CC6)noc3C3CC3)C4)sc2c1. The van der Waals surface area contributed by atoms with Gasteiger partial charge in [0, 0.05) is 36.3 Å². The molecular weight excluding hydrogens is 538 g/mol. The van der Waals surface area contributed by atoms with E-state index in [1.165, 1.54) is 26.4 Å². The fourth-order valence-corrected chi connectivity index (χ4v) is 9.59. The van der Waals surface area contributed by atoms with Gasteiger partial charge in [0.15, 0.2) is 10.9 Å². The van der Waals surface area contributed by atoms with Crippen LogP contribution in [-0.2, 0) is 14.9 Å². The second-order valence-corrected chi connectivity index (χ2v) is 14.2. The summed E-state index contributed by atoms with van der Waals surface area (Å²) in [6, 6.07) is 4.30. The van der Waals surface area contributed by atoms with E-state index in [4.69, 9.17) is 19.0 Å². The van der Waals surface area contributed by atoms with Crippen LogP contribution in [0.5, 0.6) is 0 Å². The van der Waals surface area contributed by atoms with Crippen LogP contribution in [0.1, 0.15) is 121 Å². The van der Waals surface area contributed by atoms with Crippen LogP contribution in [0.3, 0.4) is 0 Å². The van der Waals surface area contributed by atoms with E-state index in [2.05, 4.69) is 10.1 Å². The summed E-state index contributed by atoms with van der Waals surface area (Å²) in [6.45, 7) is 1.99. The number of aromatic nitrogens is 2. The number of carbonyl (C=O) groups is 2. The molecule has 0 unspecified atom stereocenters. The summed E-state index contributed by atoms with van der Waals surface area (Å²) < 4.78 is 18.2. The third-order valence-electron chi connectivity index (χ3n) is 10.7. The smallest absolute Gasteiger partial charge is 0.344 e. The van der Waals surface area contributed by atoms with Crippen molar-refractivity contribution in [3.63, 3.8) is 0 Å². The largest absolute Gasteiger partial charge is 0.465 e. The molecule has 2 aromatic heterocycles. The summed E-state index contributed by atoms with van der Waals surface area (Å²) >= 11 is 1.63. The third-order valence-corrected chi connectivity index (χ3v) is 11.8. The predicted molar refractivity (Wildman–Crippen MR) is 155 cm³/mol. The second-order valence-electron chi connectivity index (χ2n) is 13.2. The van der Waals surface area contributed by atoms with Crippen LogP contribution >= 0.6 is 11.3 Å². The molecule has 2 saturated heterocycles. The van der Waals surface area contributed by atoms with Crippen LogP contribution in [0, 0.1) is 12.8 Å². The number of methoxy groups -OCH3 is 1. The average Bonchev–Trinajstić information content (AvgIpc) is 3.47. The Kier molecular flexibility index (Phi) is 5.99. The Bertz CT molecular complexity index is 1500. The number of thiazole rings is 1. The zero-order chi connectivity index (χ0) is 27.9. The van der Waals surface area contributed by atoms with E-state index in [9.17, 15) is 9.59 Å². The van der Waals surface area contributed by atoms with Gasteiger partial charge in [0.25, 0.3) is 0 Å². The number of rotatable bonds is 6. The summed E-state index contributed by atoms with van der Waals surface area (Å²) in [5.74, 6) is 1.40. The molecule has 0 spiro atoms. The zero-order valence-electron chi connectivity index (χ0n) is 23.8. The molecule has 41 heavy (non-hydrogen) atoms. The van der Waals surface area contributed by atoms with Gasteiger partial charge in [-0.3, -0.25) is 0 Å². The van der Waals surface area contributed by atoms with Crippen LogP contribution in [0.15, 0.2) is 16.7 Å². The Morgan fingerprint density at radius 3 is 2.37 bits per heavy atom. The first-order valence-electron chi connectivity index (χ1n) is 15.4. The molecule has 216 valence electrons. The highest BCUT2D eigenvalue weighted by atomic mass is 32.1. The first-order chi connectivity index (χ1) is 19.9. The van der Waals surface area contributed by atoms with E-state index in [1.54, 1.807) is 11.3 Å². The van der Waals surface area contributed by atoms with Crippen molar-refractivity contribution in [2.45, 2.75) is 113 Å². The molecule has 9 heteroatoms. The van der Waals surface area contributed by atoms with Crippen molar-refractivity contribution < 1.29 is 23.6 Å². The number of esters is 2. The van der Waals surface area contributed by atoms with Gasteiger partial charge in [-0.15, -0.1) is 0 Å². The lowest BCUT2D eigenvalue weighted by Crippen LogP contribution is -2.46. The van der Waals surface area contributed by atoms with Gasteiger partial charge in [-0.1, -0.05) is 16.5 Å². The van der Waals surface area contributed by atoms with E-state index in [-0.39, 0.29) is 35.5 Å². The molecule has 0 radical (unpaired) electrons. The van der Waals surface area contributed by atoms with Crippen LogP contribution in [0.2, 0.25) is 0 Å². The molecule has 1 aromatic carbocycles. The van der Waals surface area contributed by atoms with E-state index >= 15 is 0 Å². The minimum absolute atomic E-state index is 0.0131. The van der Waals surface area contributed by atoms with Gasteiger partial charge >= 0.3 is 11.9 Å². The molecule has 4 heterocycles. The fraction of sp³-hybridized carbons (Fsp3) is 0.625. The molecule has 9 rings (SSSR count). The molecule has 0 N–H and O–H groups in total. The molecule has 4 bridgehead atoms. The number of piperidine rings is 1. The number of benzene rings is 1. The molecule has 2 aliphatic heterocycles. The van der Waals surface area contributed by atoms with Crippen molar-refractivity contribution in [2.75, 3.05) is 12.0 Å². The summed E-state index contributed by atoms with van der Waals surface area (Å²) in [6.07, 6.45) is 12.8. The van der Waals surface area contributed by atoms with Gasteiger partial charge in [0.2, 0.25) is 0 Å². The van der Waals surface area contributed by atoms with Gasteiger partial charge in [-0.2, -0.15) is 0 Å². The lowest BCUT2D eigenvalue weighted by molar-refractivity contribution is 0.0195. The molecule has 6 fully saturated rings. The molecule has 0 amide bonds. The first kappa shape index (κ1) is 25.7. The van der Waals surface area contributed by atoms with Crippen molar-refractivity contribution in [2.24, 2.45) is 5.92 Å². The number of anilines is 1. The van der Waals surface area contributed by atoms with E-state index in [0.717, 1.165) is 96.1 Å². The number of carbonyl (C=O) groups excluding carboxylic acids is 2. The topological polar surface area (TPSA) is 94.8 Å². The molecule has 6 aliphatic rings. The van der Waals surface area contributed by atoms with Crippen LogP contribution in [-0.4, -0.2) is 47.4 Å². The van der Waals surface area contributed by atoms with Crippen molar-refractivity contribution in [1.82, 2.24) is 10.1 Å². The maximum Gasteiger partial charge on any atom is 0.344 e. The van der Waals surface area contributed by atoms with Crippen molar-refractivity contribution in [3.8, 4) is 0 Å². The zero-order valence-corrected chi connectivity index (χ0v) is 24.6. The molecule has 4 saturated carbocycles. The minimum Gasteiger partial charge on any atom is -0.465 e. The summed E-state index contributed by atoms with van der Waals surface area (Å²) in [4.78, 5) is 33.5. The average molecular weight is 576 g/mol. The lowest BCUT2D eigenvalue weighted by atomic mass is 9.59. The van der Waals surface area contributed by atoms with Gasteiger partial charge in [0.1, 0.15) is 17.4 Å². The Balaban J connectivity index is 1.03. The number of hydrogen-bond acceptors (Lipinski definition) is 9. The molecular formula is C32H37N3O5S. The maximum absolute atomic E-state index is 13.9. The monoisotopic (exact) mass is 575 g/mol. The highest BCUT2D eigenvalue weighted by Crippen LogP contribution is 2.54. The summed E-state index contributed by atoms with van der Waals surface area (Å²) in [5.41, 5.74) is 4.03. The summed E-state index contributed by atoms with van der Waals surface area (Å²) in [5, 5.41) is 5.60. The fourth-order valence-electron chi connectivity index (χ4n) is 8.37. The third kappa shape index (κ3) is 4.21. The Morgan fingerprint density at radius 1 is 1.00 bits per heavy atom. The molecule has 4 aliphatic carbocycles. The highest BCUT2D eigenvalue weighted by molar-refractivity contribution is 7.22. The maximum atomic E-state index is 13.9. The van der Waals surface area contributed by atoms with Gasteiger partial charge in [-0.05, 0) is 94.7 Å². The number of fused-ring (bicyclic) bond motifs is 6. The van der Waals surface area contributed by atoms with E-state index in [0.29, 0.717) is 17.0 Å². The van der Waals surface area contributed by atoms with E-state index in [1.807, 2.05) is 19.1 Å². The van der Waals surface area contributed by atoms with E-state index < -0.39 is 0 Å².